The first kappa shape index (κ1) is 13.6. The highest BCUT2D eigenvalue weighted by molar-refractivity contribution is 5.89. The number of rotatable bonds is 5. The minimum absolute atomic E-state index is 0.395. The van der Waals surface area contributed by atoms with Gasteiger partial charge in [0.1, 0.15) is 0 Å². The topological polar surface area (TPSA) is 48.0 Å². The Morgan fingerprint density at radius 1 is 1.12 bits per heavy atom. The van der Waals surface area contributed by atoms with Gasteiger partial charge in [0.25, 0.3) is 0 Å². The summed E-state index contributed by atoms with van der Waals surface area (Å²) in [5.41, 5.74) is 1.32. The van der Waals surface area contributed by atoms with Crippen LogP contribution in [0.4, 0.5) is 0 Å². The quantitative estimate of drug-likeness (QED) is 0.577. The highest BCUT2D eigenvalue weighted by atomic mass is 16.7. The van der Waals surface area contributed by atoms with Gasteiger partial charge in [-0.1, -0.05) is 12.1 Å². The molecule has 0 saturated carbocycles. The summed E-state index contributed by atoms with van der Waals surface area (Å²) in [6.45, 7) is 0. The fraction of sp³-hybridized carbons (Fsp3) is 0.417. The van der Waals surface area contributed by atoms with E-state index >= 15 is 0 Å². The SMILES string of the molecule is COC(OC)c1ccc(C(=O)ON(C)C)cc1. The number of carbonyl (C=O) groups excluding carboxylic acids is 1. The predicted molar refractivity (Wildman–Crippen MR) is 62.3 cm³/mol. The molecule has 1 rings (SSSR count). The van der Waals surface area contributed by atoms with Crippen molar-refractivity contribution >= 4 is 5.97 Å². The van der Waals surface area contributed by atoms with Gasteiger partial charge in [-0.2, -0.15) is 0 Å². The first-order valence-electron chi connectivity index (χ1n) is 5.13. The molecule has 0 aliphatic rings. The second-order valence-electron chi connectivity index (χ2n) is 3.62. The Morgan fingerprint density at radius 2 is 1.65 bits per heavy atom. The molecule has 0 aliphatic heterocycles. The van der Waals surface area contributed by atoms with Crippen molar-refractivity contribution in [3.05, 3.63) is 35.4 Å². The lowest BCUT2D eigenvalue weighted by molar-refractivity contribution is -0.106. The third kappa shape index (κ3) is 3.81. The lowest BCUT2D eigenvalue weighted by Crippen LogP contribution is -2.18. The van der Waals surface area contributed by atoms with Crippen molar-refractivity contribution in [2.45, 2.75) is 6.29 Å². The molecule has 5 nitrogen and oxygen atoms in total. The zero-order valence-corrected chi connectivity index (χ0v) is 10.5. The van der Waals surface area contributed by atoms with E-state index in [1.54, 1.807) is 52.6 Å². The fourth-order valence-electron chi connectivity index (χ4n) is 1.36. The van der Waals surface area contributed by atoms with E-state index in [0.29, 0.717) is 5.56 Å². The minimum atomic E-state index is -0.422. The molecule has 0 radical (unpaired) electrons. The molecule has 17 heavy (non-hydrogen) atoms. The Labute approximate surface area is 101 Å². The van der Waals surface area contributed by atoms with Crippen LogP contribution in [0.1, 0.15) is 22.2 Å². The van der Waals surface area contributed by atoms with E-state index in [9.17, 15) is 4.79 Å². The number of ether oxygens (including phenoxy) is 2. The van der Waals surface area contributed by atoms with Gasteiger partial charge in [-0.15, -0.1) is 5.06 Å². The first-order chi connectivity index (χ1) is 8.08. The van der Waals surface area contributed by atoms with Crippen LogP contribution in [0.25, 0.3) is 0 Å². The van der Waals surface area contributed by atoms with E-state index in [1.807, 2.05) is 0 Å². The highest BCUT2D eigenvalue weighted by Gasteiger charge is 2.12. The largest absolute Gasteiger partial charge is 0.364 e. The minimum Gasteiger partial charge on any atom is -0.364 e. The van der Waals surface area contributed by atoms with Crippen molar-refractivity contribution < 1.29 is 19.1 Å². The molecule has 0 fully saturated rings. The van der Waals surface area contributed by atoms with Crippen LogP contribution in [0.15, 0.2) is 24.3 Å². The standard InChI is InChI=1S/C12H17NO4/c1-13(2)17-11(14)9-5-7-10(8-6-9)12(15-3)16-4/h5-8,12H,1-4H3. The van der Waals surface area contributed by atoms with Crippen molar-refractivity contribution in [2.75, 3.05) is 28.3 Å². The molecular formula is C12H17NO4. The Balaban J connectivity index is 2.77. The summed E-state index contributed by atoms with van der Waals surface area (Å²) in [6, 6.07) is 6.88. The second kappa shape index (κ2) is 6.34. The van der Waals surface area contributed by atoms with Crippen LogP contribution in [0, 0.1) is 0 Å². The van der Waals surface area contributed by atoms with Crippen LogP contribution in [0.3, 0.4) is 0 Å². The van der Waals surface area contributed by atoms with E-state index < -0.39 is 12.3 Å². The normalized spacial score (nSPS) is 10.9. The summed E-state index contributed by atoms with van der Waals surface area (Å²) in [4.78, 5) is 16.5. The number of benzene rings is 1. The Kier molecular flexibility index (Phi) is 5.09. The molecule has 0 amide bonds. The van der Waals surface area contributed by atoms with Gasteiger partial charge >= 0.3 is 5.97 Å². The maximum absolute atomic E-state index is 11.5. The van der Waals surface area contributed by atoms with Gasteiger partial charge in [0.15, 0.2) is 6.29 Å². The van der Waals surface area contributed by atoms with Gasteiger partial charge in [0.05, 0.1) is 5.56 Å². The molecule has 0 aliphatic carbocycles. The molecule has 1 aromatic carbocycles. The average Bonchev–Trinajstić information content (AvgIpc) is 2.30. The first-order valence-corrected chi connectivity index (χ1v) is 5.13. The van der Waals surface area contributed by atoms with Crippen molar-refractivity contribution in [1.29, 1.82) is 0 Å². The van der Waals surface area contributed by atoms with Gasteiger partial charge in [-0.3, -0.25) is 0 Å². The third-order valence-electron chi connectivity index (χ3n) is 2.11. The van der Waals surface area contributed by atoms with Gasteiger partial charge in [-0.05, 0) is 12.1 Å². The Bertz CT molecular complexity index is 357. The van der Waals surface area contributed by atoms with Crippen molar-refractivity contribution in [3.8, 4) is 0 Å². The average molecular weight is 239 g/mol. The number of hydrogen-bond acceptors (Lipinski definition) is 5. The fourth-order valence-corrected chi connectivity index (χ4v) is 1.36. The molecule has 0 unspecified atom stereocenters. The smallest absolute Gasteiger partial charge is 0.356 e. The molecule has 0 bridgehead atoms. The Hall–Kier alpha value is -1.43. The number of hydroxylamine groups is 2. The predicted octanol–water partition coefficient (Wildman–Crippen LogP) is 1.61. The lowest BCUT2D eigenvalue weighted by Gasteiger charge is -2.14. The summed E-state index contributed by atoms with van der Waals surface area (Å²) in [6.07, 6.45) is -0.422. The molecular weight excluding hydrogens is 222 g/mol. The van der Waals surface area contributed by atoms with Crippen LogP contribution >= 0.6 is 0 Å². The highest BCUT2D eigenvalue weighted by Crippen LogP contribution is 2.17. The monoisotopic (exact) mass is 239 g/mol. The van der Waals surface area contributed by atoms with Crippen molar-refractivity contribution in [3.63, 3.8) is 0 Å². The van der Waals surface area contributed by atoms with Crippen LogP contribution in [0.2, 0.25) is 0 Å². The maximum atomic E-state index is 11.5. The van der Waals surface area contributed by atoms with E-state index in [1.165, 1.54) is 5.06 Å². The molecule has 94 valence electrons. The summed E-state index contributed by atoms with van der Waals surface area (Å²) in [5, 5.41) is 1.35. The summed E-state index contributed by atoms with van der Waals surface area (Å²) in [5.74, 6) is -0.395. The molecule has 0 atom stereocenters. The van der Waals surface area contributed by atoms with Gasteiger partial charge < -0.3 is 14.3 Å². The van der Waals surface area contributed by atoms with Crippen molar-refractivity contribution in [2.24, 2.45) is 0 Å². The number of carbonyl (C=O) groups is 1. The summed E-state index contributed by atoms with van der Waals surface area (Å²) in [7, 11) is 6.42. The second-order valence-corrected chi connectivity index (χ2v) is 3.62. The van der Waals surface area contributed by atoms with Crippen molar-refractivity contribution in [1.82, 2.24) is 5.06 Å². The number of nitrogens with zero attached hydrogens (tertiary/aromatic N) is 1. The van der Waals surface area contributed by atoms with Crippen LogP contribution < -0.4 is 0 Å². The third-order valence-corrected chi connectivity index (χ3v) is 2.11. The zero-order valence-electron chi connectivity index (χ0n) is 10.5. The van der Waals surface area contributed by atoms with Crippen LogP contribution in [0.5, 0.6) is 0 Å². The molecule has 0 saturated heterocycles. The molecule has 0 aromatic heterocycles. The van der Waals surface area contributed by atoms with Gasteiger partial charge in [0.2, 0.25) is 0 Å². The van der Waals surface area contributed by atoms with E-state index in [0.717, 1.165) is 5.56 Å². The van der Waals surface area contributed by atoms with E-state index in [2.05, 4.69) is 0 Å². The van der Waals surface area contributed by atoms with Crippen LogP contribution in [-0.2, 0) is 14.3 Å². The summed E-state index contributed by atoms with van der Waals surface area (Å²) >= 11 is 0. The number of hydrogen-bond donors (Lipinski definition) is 0. The molecule has 0 heterocycles. The molecule has 5 heteroatoms. The van der Waals surface area contributed by atoms with Crippen LogP contribution in [-0.4, -0.2) is 39.3 Å². The maximum Gasteiger partial charge on any atom is 0.356 e. The zero-order chi connectivity index (χ0) is 12.8. The lowest BCUT2D eigenvalue weighted by atomic mass is 10.1. The molecule has 0 spiro atoms. The van der Waals surface area contributed by atoms with E-state index in [-0.39, 0.29) is 0 Å². The Morgan fingerprint density at radius 3 is 2.06 bits per heavy atom. The van der Waals surface area contributed by atoms with Gasteiger partial charge in [-0.25, -0.2) is 4.79 Å². The summed E-state index contributed by atoms with van der Waals surface area (Å²) < 4.78 is 10.2. The molecule has 0 N–H and O–H groups in total. The molecule has 1 aromatic rings. The van der Waals surface area contributed by atoms with Gasteiger partial charge in [0, 0.05) is 33.9 Å². The number of methoxy groups -OCH3 is 2. The van der Waals surface area contributed by atoms with E-state index in [4.69, 9.17) is 14.3 Å².